The van der Waals surface area contributed by atoms with Crippen molar-refractivity contribution in [3.63, 3.8) is 0 Å². The van der Waals surface area contributed by atoms with Crippen molar-refractivity contribution < 1.29 is 9.47 Å². The molecule has 6 nitrogen and oxygen atoms in total. The molecule has 0 amide bonds. The zero-order valence-corrected chi connectivity index (χ0v) is 15.5. The highest BCUT2D eigenvalue weighted by molar-refractivity contribution is 6.09. The molecule has 1 aromatic carbocycles. The van der Waals surface area contributed by atoms with E-state index < -0.39 is 0 Å². The fraction of sp³-hybridized carbons (Fsp3) is 0.190. The van der Waals surface area contributed by atoms with E-state index in [4.69, 9.17) is 15.2 Å². The Morgan fingerprint density at radius 2 is 1.85 bits per heavy atom. The summed E-state index contributed by atoms with van der Waals surface area (Å²) in [5.74, 6) is 1.33. The van der Waals surface area contributed by atoms with E-state index >= 15 is 0 Å². The predicted molar refractivity (Wildman–Crippen MR) is 104 cm³/mol. The lowest BCUT2D eigenvalue weighted by Crippen LogP contribution is -2.03. The zero-order valence-electron chi connectivity index (χ0n) is 15.5. The Labute approximate surface area is 157 Å². The fourth-order valence-electron chi connectivity index (χ4n) is 3.38. The average molecular weight is 358 g/mol. The summed E-state index contributed by atoms with van der Waals surface area (Å²) in [5, 5.41) is 19.1. The van der Waals surface area contributed by atoms with E-state index in [2.05, 4.69) is 17.1 Å². The quantitative estimate of drug-likeness (QED) is 0.896. The lowest BCUT2D eigenvalue weighted by Gasteiger charge is -2.13. The summed E-state index contributed by atoms with van der Waals surface area (Å²) in [6.07, 6.45) is 1.92. The molecule has 0 saturated carbocycles. The molecule has 3 rings (SSSR count). The highest BCUT2D eigenvalue weighted by Gasteiger charge is 2.30. The Kier molecular flexibility index (Phi) is 4.58. The summed E-state index contributed by atoms with van der Waals surface area (Å²) < 4.78 is 10.9. The van der Waals surface area contributed by atoms with Crippen molar-refractivity contribution in [1.82, 2.24) is 4.98 Å². The van der Waals surface area contributed by atoms with E-state index in [0.717, 1.165) is 22.3 Å². The van der Waals surface area contributed by atoms with Crippen molar-refractivity contribution >= 4 is 23.0 Å². The van der Waals surface area contributed by atoms with Crippen LogP contribution in [0, 0.1) is 29.6 Å². The summed E-state index contributed by atoms with van der Waals surface area (Å²) in [7, 11) is 3.15. The van der Waals surface area contributed by atoms with Crippen molar-refractivity contribution in [1.29, 1.82) is 10.5 Å². The topological polar surface area (TPSA) is 105 Å². The van der Waals surface area contributed by atoms with Gasteiger partial charge in [-0.25, -0.2) is 4.98 Å². The summed E-state index contributed by atoms with van der Waals surface area (Å²) in [5.41, 5.74) is 11.1. The molecule has 0 radical (unpaired) electrons. The monoisotopic (exact) mass is 358 g/mol. The van der Waals surface area contributed by atoms with E-state index in [1.54, 1.807) is 14.2 Å². The van der Waals surface area contributed by atoms with Crippen molar-refractivity contribution in [2.45, 2.75) is 13.8 Å². The molecule has 0 unspecified atom stereocenters. The van der Waals surface area contributed by atoms with Gasteiger partial charge in [0.05, 0.1) is 31.1 Å². The number of methoxy groups -OCH3 is 2. The molecule has 2 aromatic rings. The first kappa shape index (κ1) is 18.0. The van der Waals surface area contributed by atoms with Gasteiger partial charge in [-0.05, 0) is 42.7 Å². The van der Waals surface area contributed by atoms with E-state index in [0.29, 0.717) is 33.9 Å². The van der Waals surface area contributed by atoms with Gasteiger partial charge in [0.25, 0.3) is 0 Å². The Morgan fingerprint density at radius 1 is 1.11 bits per heavy atom. The van der Waals surface area contributed by atoms with Crippen molar-refractivity contribution in [3.05, 3.63) is 51.7 Å². The highest BCUT2D eigenvalue weighted by atomic mass is 16.5. The Morgan fingerprint density at radius 3 is 2.44 bits per heavy atom. The number of nitrogens with two attached hydrogens (primary N) is 1. The van der Waals surface area contributed by atoms with E-state index in [-0.39, 0.29) is 5.82 Å². The fourth-order valence-corrected chi connectivity index (χ4v) is 3.38. The predicted octanol–water partition coefficient (Wildman–Crippen LogP) is 3.71. The highest BCUT2D eigenvalue weighted by Crippen LogP contribution is 2.45. The molecule has 134 valence electrons. The normalized spacial score (nSPS) is 13.9. The molecule has 1 heterocycles. The second-order valence-electron chi connectivity index (χ2n) is 6.09. The number of ether oxygens (including phenoxy) is 2. The van der Waals surface area contributed by atoms with Crippen molar-refractivity contribution in [2.24, 2.45) is 0 Å². The summed E-state index contributed by atoms with van der Waals surface area (Å²) in [4.78, 5) is 4.33. The number of nitriles is 2. The number of aromatic nitrogens is 1. The number of allylic oxidation sites excluding steroid dienone is 3. The van der Waals surface area contributed by atoms with Gasteiger partial charge in [0.1, 0.15) is 18.0 Å². The van der Waals surface area contributed by atoms with Gasteiger partial charge in [-0.15, -0.1) is 0 Å². The minimum absolute atomic E-state index is 0.134. The van der Waals surface area contributed by atoms with Crippen molar-refractivity contribution in [3.8, 4) is 23.6 Å². The first-order valence-electron chi connectivity index (χ1n) is 8.23. The minimum atomic E-state index is 0.134. The Bertz CT molecular complexity index is 1100. The van der Waals surface area contributed by atoms with Crippen LogP contribution >= 0.6 is 0 Å². The molecule has 1 aliphatic carbocycles. The van der Waals surface area contributed by atoms with E-state index in [9.17, 15) is 10.5 Å². The van der Waals surface area contributed by atoms with Crippen molar-refractivity contribution in [2.75, 3.05) is 20.0 Å². The molecule has 1 aromatic heterocycles. The van der Waals surface area contributed by atoms with Gasteiger partial charge in [0, 0.05) is 11.1 Å². The van der Waals surface area contributed by atoms with Gasteiger partial charge in [-0.3, -0.25) is 0 Å². The smallest absolute Gasteiger partial charge is 0.167 e. The molecule has 0 spiro atoms. The maximum atomic E-state index is 9.63. The number of nitrogen functional groups attached to an aromatic ring is 1. The van der Waals surface area contributed by atoms with Gasteiger partial charge in [0.2, 0.25) is 0 Å². The number of para-hydroxylation sites is 1. The number of fused-ring (bicyclic) bond motifs is 1. The zero-order chi connectivity index (χ0) is 19.7. The minimum Gasteiger partial charge on any atom is -0.493 e. The third-order valence-corrected chi connectivity index (χ3v) is 4.72. The third kappa shape index (κ3) is 2.68. The van der Waals surface area contributed by atoms with Crippen LogP contribution in [-0.4, -0.2) is 19.2 Å². The number of pyridine rings is 1. The molecule has 0 saturated heterocycles. The van der Waals surface area contributed by atoms with Crippen LogP contribution in [0.15, 0.2) is 23.8 Å². The molecule has 27 heavy (non-hydrogen) atoms. The molecular weight excluding hydrogens is 340 g/mol. The number of hydrogen-bond donors (Lipinski definition) is 1. The number of rotatable bonds is 3. The largest absolute Gasteiger partial charge is 0.493 e. The summed E-state index contributed by atoms with van der Waals surface area (Å²) in [6, 6.07) is 9.89. The Balaban J connectivity index is 2.35. The standard InChI is InChI=1S/C21H18N4O2/c1-11-14(8-13-6-5-7-17(26-3)20(13)27-4)18-12(2)16(10-23)21(24)25-19(18)15(11)9-22/h5-8H,1-4H3,(H2,24,25). The number of anilines is 1. The number of benzene rings is 1. The Hall–Kier alpha value is -3.77. The maximum absolute atomic E-state index is 9.63. The van der Waals surface area contributed by atoms with Crippen LogP contribution in [0.3, 0.4) is 0 Å². The maximum Gasteiger partial charge on any atom is 0.167 e. The molecule has 0 bridgehead atoms. The second-order valence-corrected chi connectivity index (χ2v) is 6.09. The van der Waals surface area contributed by atoms with Gasteiger partial charge in [-0.2, -0.15) is 10.5 Å². The molecule has 0 aliphatic heterocycles. The third-order valence-electron chi connectivity index (χ3n) is 4.72. The molecular formula is C21H18N4O2. The molecule has 1 aliphatic rings. The number of hydrogen-bond acceptors (Lipinski definition) is 6. The molecule has 2 N–H and O–H groups in total. The van der Waals surface area contributed by atoms with Crippen LogP contribution in [0.1, 0.15) is 34.9 Å². The van der Waals surface area contributed by atoms with Gasteiger partial charge >= 0.3 is 0 Å². The molecule has 0 fully saturated rings. The summed E-state index contributed by atoms with van der Waals surface area (Å²) in [6.45, 7) is 3.68. The van der Waals surface area contributed by atoms with Crippen LogP contribution < -0.4 is 15.2 Å². The first-order chi connectivity index (χ1) is 13.0. The van der Waals surface area contributed by atoms with Gasteiger partial charge < -0.3 is 15.2 Å². The van der Waals surface area contributed by atoms with Crippen LogP contribution in [0.4, 0.5) is 5.82 Å². The lowest BCUT2D eigenvalue weighted by atomic mass is 9.95. The summed E-state index contributed by atoms with van der Waals surface area (Å²) >= 11 is 0. The van der Waals surface area contributed by atoms with Crippen LogP contribution in [0.5, 0.6) is 11.5 Å². The van der Waals surface area contributed by atoms with Crippen LogP contribution in [0.25, 0.3) is 17.2 Å². The van der Waals surface area contributed by atoms with Crippen LogP contribution in [0.2, 0.25) is 0 Å². The van der Waals surface area contributed by atoms with E-state index in [1.807, 2.05) is 38.1 Å². The van der Waals surface area contributed by atoms with E-state index in [1.165, 1.54) is 0 Å². The van der Waals surface area contributed by atoms with Crippen LogP contribution in [-0.2, 0) is 0 Å². The number of nitrogens with zero attached hydrogens (tertiary/aromatic N) is 3. The second kappa shape index (κ2) is 6.86. The first-order valence-corrected chi connectivity index (χ1v) is 8.23. The average Bonchev–Trinajstić information content (AvgIpc) is 2.92. The van der Waals surface area contributed by atoms with Gasteiger partial charge in [0.15, 0.2) is 11.5 Å². The SMILES string of the molecule is COc1cccc(C=C2C(C)=C(C#N)c3nc(N)c(C#N)c(C)c32)c1OC. The lowest BCUT2D eigenvalue weighted by molar-refractivity contribution is 0.354. The molecule has 0 atom stereocenters. The van der Waals surface area contributed by atoms with Gasteiger partial charge in [-0.1, -0.05) is 12.1 Å². The molecule has 6 heteroatoms.